The van der Waals surface area contributed by atoms with E-state index in [-0.39, 0.29) is 22.4 Å². The molecule has 0 bridgehead atoms. The Balaban J connectivity index is 1.96. The maximum absolute atomic E-state index is 14.1. The van der Waals surface area contributed by atoms with E-state index in [1.165, 1.54) is 18.3 Å². The van der Waals surface area contributed by atoms with Gasteiger partial charge in [0.15, 0.2) is 0 Å². The lowest BCUT2D eigenvalue weighted by Crippen LogP contribution is -2.22. The number of carboxylic acids is 1. The Labute approximate surface area is 144 Å². The summed E-state index contributed by atoms with van der Waals surface area (Å²) in [5, 5.41) is 12.1. The van der Waals surface area contributed by atoms with Crippen molar-refractivity contribution in [2.24, 2.45) is 0 Å². The molecule has 0 atom stereocenters. The van der Waals surface area contributed by atoms with Gasteiger partial charge in [0.25, 0.3) is 0 Å². The molecular formula is C16H10ClF2N3O3. The van der Waals surface area contributed by atoms with Crippen molar-refractivity contribution in [3.05, 3.63) is 58.9 Å². The molecule has 0 fully saturated rings. The summed E-state index contributed by atoms with van der Waals surface area (Å²) in [7, 11) is 0. The van der Waals surface area contributed by atoms with Gasteiger partial charge in [-0.2, -0.15) is 0 Å². The third-order valence-electron chi connectivity index (χ3n) is 3.43. The molecule has 0 unspecified atom stereocenters. The van der Waals surface area contributed by atoms with Crippen LogP contribution in [0.1, 0.15) is 10.5 Å². The molecule has 2 aromatic heterocycles. The topological polar surface area (TPSA) is 84.2 Å². The van der Waals surface area contributed by atoms with Gasteiger partial charge in [-0.3, -0.25) is 4.79 Å². The number of pyridine rings is 1. The molecule has 25 heavy (non-hydrogen) atoms. The molecule has 3 aromatic rings. The number of hydrogen-bond donors (Lipinski definition) is 2. The van der Waals surface area contributed by atoms with Gasteiger partial charge in [-0.25, -0.2) is 18.6 Å². The zero-order valence-electron chi connectivity index (χ0n) is 12.5. The van der Waals surface area contributed by atoms with Crippen molar-refractivity contribution >= 4 is 40.2 Å². The molecule has 0 aliphatic rings. The van der Waals surface area contributed by atoms with Crippen LogP contribution in [0.15, 0.2) is 36.5 Å². The predicted octanol–water partition coefficient (Wildman–Crippen LogP) is 3.30. The quantitative estimate of drug-likeness (QED) is 0.743. The van der Waals surface area contributed by atoms with E-state index < -0.39 is 30.1 Å². The van der Waals surface area contributed by atoms with E-state index in [0.29, 0.717) is 11.1 Å². The van der Waals surface area contributed by atoms with Gasteiger partial charge in [-0.15, -0.1) is 0 Å². The van der Waals surface area contributed by atoms with Crippen LogP contribution in [-0.2, 0) is 11.3 Å². The first kappa shape index (κ1) is 16.8. The normalized spacial score (nSPS) is 10.8. The molecule has 128 valence electrons. The molecule has 2 heterocycles. The Kier molecular flexibility index (Phi) is 4.37. The highest BCUT2D eigenvalue weighted by Crippen LogP contribution is 2.24. The number of rotatable bonds is 4. The average molecular weight is 366 g/mol. The minimum absolute atomic E-state index is 0.0484. The molecule has 2 N–H and O–H groups in total. The Morgan fingerprint density at radius 3 is 2.64 bits per heavy atom. The van der Waals surface area contributed by atoms with Crippen LogP contribution in [0.5, 0.6) is 0 Å². The Morgan fingerprint density at radius 1 is 1.24 bits per heavy atom. The van der Waals surface area contributed by atoms with Crippen LogP contribution in [0.4, 0.5) is 14.6 Å². The number of anilines is 1. The largest absolute Gasteiger partial charge is 0.477 e. The fraction of sp³-hybridized carbons (Fsp3) is 0.0625. The van der Waals surface area contributed by atoms with E-state index in [1.54, 1.807) is 0 Å². The first-order chi connectivity index (χ1) is 11.8. The number of amides is 1. The molecule has 9 heteroatoms. The molecule has 6 nitrogen and oxygen atoms in total. The van der Waals surface area contributed by atoms with E-state index in [4.69, 9.17) is 11.6 Å². The van der Waals surface area contributed by atoms with E-state index >= 15 is 0 Å². The highest BCUT2D eigenvalue weighted by Gasteiger charge is 2.20. The Morgan fingerprint density at radius 2 is 2.00 bits per heavy atom. The second-order valence-electron chi connectivity index (χ2n) is 5.16. The van der Waals surface area contributed by atoms with Crippen molar-refractivity contribution in [2.75, 3.05) is 5.32 Å². The lowest BCUT2D eigenvalue weighted by molar-refractivity contribution is -0.116. The van der Waals surface area contributed by atoms with E-state index in [0.717, 1.165) is 16.7 Å². The summed E-state index contributed by atoms with van der Waals surface area (Å²) in [6.45, 7) is -0.488. The van der Waals surface area contributed by atoms with Crippen molar-refractivity contribution in [3.8, 4) is 0 Å². The van der Waals surface area contributed by atoms with Crippen molar-refractivity contribution in [1.82, 2.24) is 9.55 Å². The molecule has 0 radical (unpaired) electrons. The first-order valence-corrected chi connectivity index (χ1v) is 7.36. The van der Waals surface area contributed by atoms with E-state index in [9.17, 15) is 23.5 Å². The average Bonchev–Trinajstić information content (AvgIpc) is 2.88. The molecule has 1 aromatic carbocycles. The van der Waals surface area contributed by atoms with Crippen LogP contribution in [0.25, 0.3) is 10.9 Å². The number of nitrogens with one attached hydrogen (secondary N) is 1. The number of hydrogen-bond acceptors (Lipinski definition) is 3. The van der Waals surface area contributed by atoms with Crippen LogP contribution in [0.2, 0.25) is 5.02 Å². The number of aromatic nitrogens is 2. The minimum Gasteiger partial charge on any atom is -0.477 e. The number of benzene rings is 1. The maximum atomic E-state index is 14.1. The molecular weight excluding hydrogens is 356 g/mol. The molecule has 1 amide bonds. The molecule has 0 saturated heterocycles. The van der Waals surface area contributed by atoms with Crippen molar-refractivity contribution < 1.29 is 23.5 Å². The Hall–Kier alpha value is -3.00. The monoisotopic (exact) mass is 365 g/mol. The van der Waals surface area contributed by atoms with Gasteiger partial charge in [0.1, 0.15) is 29.7 Å². The number of carbonyl (C=O) groups excluding carboxylic acids is 1. The number of carboxylic acid groups (broad SMARTS) is 1. The van der Waals surface area contributed by atoms with E-state index in [1.807, 2.05) is 0 Å². The summed E-state index contributed by atoms with van der Waals surface area (Å²) < 4.78 is 28.4. The molecule has 0 saturated carbocycles. The van der Waals surface area contributed by atoms with Gasteiger partial charge in [0.05, 0.1) is 10.5 Å². The van der Waals surface area contributed by atoms with Crippen molar-refractivity contribution in [3.63, 3.8) is 0 Å². The van der Waals surface area contributed by atoms with Gasteiger partial charge in [0, 0.05) is 17.6 Å². The summed E-state index contributed by atoms with van der Waals surface area (Å²) in [5.41, 5.74) is -0.503. The van der Waals surface area contributed by atoms with Crippen LogP contribution >= 0.6 is 11.6 Å². The first-order valence-electron chi connectivity index (χ1n) is 6.98. The van der Waals surface area contributed by atoms with E-state index in [2.05, 4.69) is 10.3 Å². The minimum atomic E-state index is -1.37. The highest BCUT2D eigenvalue weighted by atomic mass is 35.5. The summed E-state index contributed by atoms with van der Waals surface area (Å²) in [5.74, 6) is -3.59. The second-order valence-corrected chi connectivity index (χ2v) is 5.59. The van der Waals surface area contributed by atoms with Gasteiger partial charge in [-0.1, -0.05) is 11.6 Å². The SMILES string of the molecule is O=C(Cn1c(C(=O)O)cc2cc(F)cc(F)c21)Nc1ccc(Cl)cn1. The number of halogens is 3. The lowest BCUT2D eigenvalue weighted by Gasteiger charge is -2.09. The van der Waals surface area contributed by atoms with Gasteiger partial charge < -0.3 is 15.0 Å². The predicted molar refractivity (Wildman–Crippen MR) is 86.7 cm³/mol. The summed E-state index contributed by atoms with van der Waals surface area (Å²) in [6.07, 6.45) is 1.33. The maximum Gasteiger partial charge on any atom is 0.352 e. The zero-order chi connectivity index (χ0) is 18.1. The Bertz CT molecular complexity index is 986. The van der Waals surface area contributed by atoms with Crippen LogP contribution < -0.4 is 5.32 Å². The summed E-state index contributed by atoms with van der Waals surface area (Å²) in [6, 6.07) is 5.71. The zero-order valence-corrected chi connectivity index (χ0v) is 13.2. The molecule has 0 aliphatic heterocycles. The second kappa shape index (κ2) is 6.48. The van der Waals surface area contributed by atoms with Crippen molar-refractivity contribution in [1.29, 1.82) is 0 Å². The molecule has 0 aliphatic carbocycles. The lowest BCUT2D eigenvalue weighted by atomic mass is 10.2. The van der Waals surface area contributed by atoms with Gasteiger partial charge in [0.2, 0.25) is 5.91 Å². The number of aromatic carboxylic acids is 1. The third-order valence-corrected chi connectivity index (χ3v) is 3.65. The third kappa shape index (κ3) is 3.43. The van der Waals surface area contributed by atoms with Crippen molar-refractivity contribution in [2.45, 2.75) is 6.54 Å². The smallest absolute Gasteiger partial charge is 0.352 e. The van der Waals surface area contributed by atoms with Crippen LogP contribution in [0.3, 0.4) is 0 Å². The van der Waals surface area contributed by atoms with Gasteiger partial charge in [-0.05, 0) is 24.3 Å². The standard InChI is InChI=1S/C16H10ClF2N3O3/c17-9-1-2-13(20-6-9)21-14(23)7-22-12(16(24)25)4-8-3-10(18)5-11(19)15(8)22/h1-6H,7H2,(H,24,25)(H,20,21,23). The van der Waals surface area contributed by atoms with Crippen LogP contribution in [0, 0.1) is 11.6 Å². The fourth-order valence-electron chi connectivity index (χ4n) is 2.44. The highest BCUT2D eigenvalue weighted by molar-refractivity contribution is 6.30. The molecule has 3 rings (SSSR count). The number of nitrogens with zero attached hydrogens (tertiary/aromatic N) is 2. The van der Waals surface area contributed by atoms with Crippen LogP contribution in [-0.4, -0.2) is 26.5 Å². The number of fused-ring (bicyclic) bond motifs is 1. The molecule has 0 spiro atoms. The number of carbonyl (C=O) groups is 2. The fourth-order valence-corrected chi connectivity index (χ4v) is 2.56. The van der Waals surface area contributed by atoms with Gasteiger partial charge >= 0.3 is 5.97 Å². The summed E-state index contributed by atoms with van der Waals surface area (Å²) >= 11 is 5.70. The summed E-state index contributed by atoms with van der Waals surface area (Å²) in [4.78, 5) is 27.4.